The second kappa shape index (κ2) is 8.61. The smallest absolute Gasteiger partial charge is 0.252 e. The van der Waals surface area contributed by atoms with E-state index in [0.29, 0.717) is 17.1 Å². The Balaban J connectivity index is 2.30. The van der Waals surface area contributed by atoms with Crippen molar-refractivity contribution in [2.45, 2.75) is 26.8 Å². The molecule has 5 nitrogen and oxygen atoms in total. The van der Waals surface area contributed by atoms with Crippen LogP contribution in [0.25, 0.3) is 0 Å². The van der Waals surface area contributed by atoms with E-state index in [1.165, 1.54) is 0 Å². The van der Waals surface area contributed by atoms with Gasteiger partial charge in [0, 0.05) is 11.1 Å². The summed E-state index contributed by atoms with van der Waals surface area (Å²) >= 11 is 0. The highest BCUT2D eigenvalue weighted by atomic mass is 16.5. The SMILES string of the molecule is COc1ccc(C(NC(=O)c2cc(OC)c(C)c(OC)c2)C(C)C)cc1. The van der Waals surface area contributed by atoms with Crippen molar-refractivity contribution in [2.24, 2.45) is 5.92 Å². The predicted molar refractivity (Wildman–Crippen MR) is 102 cm³/mol. The highest BCUT2D eigenvalue weighted by Gasteiger charge is 2.21. The number of nitrogens with one attached hydrogen (secondary N) is 1. The Labute approximate surface area is 155 Å². The van der Waals surface area contributed by atoms with Crippen molar-refractivity contribution < 1.29 is 19.0 Å². The fraction of sp³-hybridized carbons (Fsp3) is 0.381. The lowest BCUT2D eigenvalue weighted by Crippen LogP contribution is -2.31. The van der Waals surface area contributed by atoms with E-state index in [1.54, 1.807) is 33.5 Å². The number of hydrogen-bond acceptors (Lipinski definition) is 4. The molecule has 0 aliphatic heterocycles. The van der Waals surface area contributed by atoms with Crippen LogP contribution in [0.1, 0.15) is 41.4 Å². The summed E-state index contributed by atoms with van der Waals surface area (Å²) in [7, 11) is 4.80. The molecule has 0 aromatic heterocycles. The van der Waals surface area contributed by atoms with E-state index in [4.69, 9.17) is 14.2 Å². The molecule has 1 amide bonds. The van der Waals surface area contributed by atoms with Crippen molar-refractivity contribution in [1.82, 2.24) is 5.32 Å². The van der Waals surface area contributed by atoms with Crippen molar-refractivity contribution in [3.05, 3.63) is 53.1 Å². The largest absolute Gasteiger partial charge is 0.497 e. The van der Waals surface area contributed by atoms with Crippen LogP contribution >= 0.6 is 0 Å². The maximum absolute atomic E-state index is 12.9. The van der Waals surface area contributed by atoms with Crippen LogP contribution < -0.4 is 19.5 Å². The summed E-state index contributed by atoms with van der Waals surface area (Å²) in [6.45, 7) is 6.05. The molecule has 5 heteroatoms. The van der Waals surface area contributed by atoms with E-state index >= 15 is 0 Å². The fourth-order valence-electron chi connectivity index (χ4n) is 2.89. The molecule has 1 unspecified atom stereocenters. The van der Waals surface area contributed by atoms with E-state index in [1.807, 2.05) is 31.2 Å². The summed E-state index contributed by atoms with van der Waals surface area (Å²) in [6, 6.07) is 11.1. The molecule has 0 saturated carbocycles. The molecule has 2 rings (SSSR count). The molecule has 1 N–H and O–H groups in total. The minimum atomic E-state index is -0.170. The molecule has 26 heavy (non-hydrogen) atoms. The van der Waals surface area contributed by atoms with E-state index < -0.39 is 0 Å². The summed E-state index contributed by atoms with van der Waals surface area (Å²) in [4.78, 5) is 12.9. The molecule has 0 aliphatic rings. The molecule has 0 spiro atoms. The first-order chi connectivity index (χ1) is 12.4. The first-order valence-electron chi connectivity index (χ1n) is 8.58. The van der Waals surface area contributed by atoms with E-state index in [2.05, 4.69) is 19.2 Å². The van der Waals surface area contributed by atoms with Crippen LogP contribution in [-0.4, -0.2) is 27.2 Å². The van der Waals surface area contributed by atoms with Gasteiger partial charge in [-0.05, 0) is 42.7 Å². The van der Waals surface area contributed by atoms with Gasteiger partial charge in [-0.1, -0.05) is 26.0 Å². The maximum atomic E-state index is 12.9. The maximum Gasteiger partial charge on any atom is 0.252 e. The topological polar surface area (TPSA) is 56.8 Å². The lowest BCUT2D eigenvalue weighted by Gasteiger charge is -2.23. The second-order valence-corrected chi connectivity index (χ2v) is 6.47. The highest BCUT2D eigenvalue weighted by Crippen LogP contribution is 2.30. The standard InChI is InChI=1S/C21H27NO4/c1-13(2)20(15-7-9-17(24-4)10-8-15)22-21(23)16-11-18(25-5)14(3)19(12-16)26-6/h7-13,20H,1-6H3,(H,22,23). The van der Waals surface area contributed by atoms with Crippen molar-refractivity contribution >= 4 is 5.91 Å². The molecule has 0 saturated heterocycles. The Morgan fingerprint density at radius 3 is 1.88 bits per heavy atom. The molecule has 0 aliphatic carbocycles. The summed E-state index contributed by atoms with van der Waals surface area (Å²) < 4.78 is 15.9. The van der Waals surface area contributed by atoms with Crippen LogP contribution in [0.5, 0.6) is 17.2 Å². The zero-order valence-corrected chi connectivity index (χ0v) is 16.3. The number of methoxy groups -OCH3 is 3. The van der Waals surface area contributed by atoms with Gasteiger partial charge in [-0.3, -0.25) is 4.79 Å². The number of benzene rings is 2. The predicted octanol–water partition coefficient (Wildman–Crippen LogP) is 4.15. The third kappa shape index (κ3) is 4.28. The zero-order chi connectivity index (χ0) is 19.3. The highest BCUT2D eigenvalue weighted by molar-refractivity contribution is 5.95. The Kier molecular flexibility index (Phi) is 6.50. The van der Waals surface area contributed by atoms with Gasteiger partial charge in [0.1, 0.15) is 17.2 Å². The van der Waals surface area contributed by atoms with Crippen LogP contribution in [0.15, 0.2) is 36.4 Å². The molecular formula is C21H27NO4. The third-order valence-electron chi connectivity index (χ3n) is 4.44. The van der Waals surface area contributed by atoms with Crippen molar-refractivity contribution in [3.8, 4) is 17.2 Å². The number of hydrogen-bond donors (Lipinski definition) is 1. The summed E-state index contributed by atoms with van der Waals surface area (Å²) in [5, 5.41) is 3.12. The van der Waals surface area contributed by atoms with E-state index in [-0.39, 0.29) is 17.9 Å². The van der Waals surface area contributed by atoms with Crippen LogP contribution in [0.3, 0.4) is 0 Å². The van der Waals surface area contributed by atoms with Gasteiger partial charge in [0.15, 0.2) is 0 Å². The molecular weight excluding hydrogens is 330 g/mol. The van der Waals surface area contributed by atoms with Crippen molar-refractivity contribution in [1.29, 1.82) is 0 Å². The number of rotatable bonds is 7. The first-order valence-corrected chi connectivity index (χ1v) is 8.58. The molecule has 0 heterocycles. The molecule has 0 bridgehead atoms. The first kappa shape index (κ1) is 19.6. The summed E-state index contributed by atoms with van der Waals surface area (Å²) in [5.41, 5.74) is 2.39. The molecule has 0 fully saturated rings. The van der Waals surface area contributed by atoms with Crippen LogP contribution in [0, 0.1) is 12.8 Å². The second-order valence-electron chi connectivity index (χ2n) is 6.47. The van der Waals surface area contributed by atoms with Gasteiger partial charge in [0.05, 0.1) is 27.4 Å². The van der Waals surface area contributed by atoms with Crippen molar-refractivity contribution in [2.75, 3.05) is 21.3 Å². The number of amides is 1. The number of carbonyl (C=O) groups excluding carboxylic acids is 1. The van der Waals surface area contributed by atoms with E-state index in [9.17, 15) is 4.79 Å². The Morgan fingerprint density at radius 2 is 1.46 bits per heavy atom. The minimum absolute atomic E-state index is 0.119. The molecule has 2 aromatic rings. The number of carbonyl (C=O) groups is 1. The lowest BCUT2D eigenvalue weighted by molar-refractivity contribution is 0.0925. The van der Waals surface area contributed by atoms with Crippen LogP contribution in [0.4, 0.5) is 0 Å². The van der Waals surface area contributed by atoms with Gasteiger partial charge in [0.2, 0.25) is 0 Å². The monoisotopic (exact) mass is 357 g/mol. The van der Waals surface area contributed by atoms with Gasteiger partial charge in [-0.2, -0.15) is 0 Å². The Morgan fingerprint density at radius 1 is 0.923 bits per heavy atom. The van der Waals surface area contributed by atoms with Gasteiger partial charge >= 0.3 is 0 Å². The Bertz CT molecular complexity index is 728. The van der Waals surface area contributed by atoms with Gasteiger partial charge in [0.25, 0.3) is 5.91 Å². The molecule has 0 radical (unpaired) electrons. The van der Waals surface area contributed by atoms with Crippen LogP contribution in [-0.2, 0) is 0 Å². The van der Waals surface area contributed by atoms with Gasteiger partial charge in [-0.15, -0.1) is 0 Å². The number of ether oxygens (including phenoxy) is 3. The van der Waals surface area contributed by atoms with E-state index in [0.717, 1.165) is 16.9 Å². The van der Waals surface area contributed by atoms with Gasteiger partial charge < -0.3 is 19.5 Å². The van der Waals surface area contributed by atoms with Crippen LogP contribution in [0.2, 0.25) is 0 Å². The normalized spacial score (nSPS) is 11.8. The average molecular weight is 357 g/mol. The fourth-order valence-corrected chi connectivity index (χ4v) is 2.89. The quantitative estimate of drug-likeness (QED) is 0.809. The third-order valence-corrected chi connectivity index (χ3v) is 4.44. The van der Waals surface area contributed by atoms with Crippen molar-refractivity contribution in [3.63, 3.8) is 0 Å². The molecule has 1 atom stereocenters. The van der Waals surface area contributed by atoms with Gasteiger partial charge in [-0.25, -0.2) is 0 Å². The summed E-state index contributed by atoms with van der Waals surface area (Å²) in [5.74, 6) is 2.09. The molecule has 2 aromatic carbocycles. The zero-order valence-electron chi connectivity index (χ0n) is 16.3. The minimum Gasteiger partial charge on any atom is -0.497 e. The summed E-state index contributed by atoms with van der Waals surface area (Å²) in [6.07, 6.45) is 0. The Hall–Kier alpha value is -2.69. The molecule has 140 valence electrons. The average Bonchev–Trinajstić information content (AvgIpc) is 2.65. The lowest BCUT2D eigenvalue weighted by atomic mass is 9.95.